The van der Waals surface area contributed by atoms with Crippen molar-refractivity contribution in [1.29, 1.82) is 0 Å². The number of carbonyl (C=O) groups excluding carboxylic acids is 2. The molecule has 0 aliphatic carbocycles. The Morgan fingerprint density at radius 2 is 1.91 bits per heavy atom. The maximum atomic E-state index is 12.5. The van der Waals surface area contributed by atoms with E-state index >= 15 is 0 Å². The fourth-order valence-corrected chi connectivity index (χ4v) is 3.12. The van der Waals surface area contributed by atoms with Gasteiger partial charge in [0.15, 0.2) is 0 Å². The number of carbonyl (C=O) groups is 2. The minimum Gasteiger partial charge on any atom is -0.341 e. The van der Waals surface area contributed by atoms with Crippen molar-refractivity contribution in [1.82, 2.24) is 9.29 Å². The Labute approximate surface area is 129 Å². The fraction of sp³-hybridized carbons (Fsp3) is 0.200. The highest BCUT2D eigenvalue weighted by atomic mass is 32.2. The Morgan fingerprint density at radius 1 is 1.18 bits per heavy atom. The van der Waals surface area contributed by atoms with Gasteiger partial charge >= 0.3 is 0 Å². The first-order chi connectivity index (χ1) is 10.6. The summed E-state index contributed by atoms with van der Waals surface area (Å²) in [6.07, 6.45) is 0.508. The van der Waals surface area contributed by atoms with Crippen molar-refractivity contribution < 1.29 is 18.4 Å². The molecule has 0 fully saturated rings. The van der Waals surface area contributed by atoms with Gasteiger partial charge in [0.2, 0.25) is 11.7 Å². The molecule has 1 aromatic heterocycles. The minimum atomic E-state index is -2.38. The van der Waals surface area contributed by atoms with E-state index in [-0.39, 0.29) is 5.78 Å². The van der Waals surface area contributed by atoms with E-state index < -0.39 is 23.1 Å². The Bertz CT molecular complexity index is 754. The molecule has 6 nitrogen and oxygen atoms in total. The van der Waals surface area contributed by atoms with Gasteiger partial charge in [-0.2, -0.15) is 0 Å². The number of ketones is 1. The van der Waals surface area contributed by atoms with Gasteiger partial charge in [-0.1, -0.05) is 30.3 Å². The van der Waals surface area contributed by atoms with Crippen LogP contribution in [0, 0.1) is 0 Å². The van der Waals surface area contributed by atoms with Gasteiger partial charge in [0.25, 0.3) is 11.3 Å². The predicted octanol–water partition coefficient (Wildman–Crippen LogP) is 1.46. The second kappa shape index (κ2) is 5.86. The Balaban J connectivity index is 1.88. The van der Waals surface area contributed by atoms with E-state index in [1.807, 2.05) is 10.8 Å². The number of benzene rings is 1. The van der Waals surface area contributed by atoms with Gasteiger partial charge in [-0.25, -0.2) is 4.21 Å². The maximum Gasteiger partial charge on any atom is 0.261 e. The summed E-state index contributed by atoms with van der Waals surface area (Å²) in [5, 5.41) is 0. The summed E-state index contributed by atoms with van der Waals surface area (Å²) in [4.78, 5) is 24.4. The Kier molecular flexibility index (Phi) is 3.91. The van der Waals surface area contributed by atoms with E-state index in [1.54, 1.807) is 41.0 Å². The first-order valence-corrected chi connectivity index (χ1v) is 7.89. The molecule has 3 rings (SSSR count). The number of nitrogens with one attached hydrogen (secondary N) is 1. The van der Waals surface area contributed by atoms with Crippen LogP contribution < -0.4 is 4.72 Å². The monoisotopic (exact) mass is 318 g/mol. The van der Waals surface area contributed by atoms with E-state index in [0.29, 0.717) is 29.9 Å². The minimum absolute atomic E-state index is 0.0985. The van der Waals surface area contributed by atoms with Crippen molar-refractivity contribution in [3.8, 4) is 0 Å². The Hall–Kier alpha value is -2.25. The molecule has 0 bridgehead atoms. The van der Waals surface area contributed by atoms with Crippen LogP contribution in [0.5, 0.6) is 0 Å². The molecule has 2 atom stereocenters. The fourth-order valence-electron chi connectivity index (χ4n) is 2.80. The zero-order chi connectivity index (χ0) is 15.7. The summed E-state index contributed by atoms with van der Waals surface area (Å²) in [5.74, 6) is -1.11. The summed E-state index contributed by atoms with van der Waals surface area (Å²) < 4.78 is 23.2. The van der Waals surface area contributed by atoms with Gasteiger partial charge in [-0.05, 0) is 18.6 Å². The lowest BCUT2D eigenvalue weighted by molar-refractivity contribution is -0.120. The molecule has 1 aliphatic heterocycles. The van der Waals surface area contributed by atoms with E-state index in [9.17, 15) is 13.8 Å². The number of hydrogen-bond donors (Lipinski definition) is 2. The summed E-state index contributed by atoms with van der Waals surface area (Å²) in [5.41, 5.74) is 1.82. The topological polar surface area (TPSA) is 88.4 Å². The van der Waals surface area contributed by atoms with Crippen LogP contribution in [0.25, 0.3) is 0 Å². The van der Waals surface area contributed by atoms with Crippen LogP contribution in [0.15, 0.2) is 42.5 Å². The predicted molar refractivity (Wildman–Crippen MR) is 80.6 cm³/mol. The highest BCUT2D eigenvalue weighted by molar-refractivity contribution is 7.77. The highest BCUT2D eigenvalue weighted by Crippen LogP contribution is 2.31. The van der Waals surface area contributed by atoms with Crippen molar-refractivity contribution in [2.45, 2.75) is 18.9 Å². The first kappa shape index (κ1) is 14.7. The quantitative estimate of drug-likeness (QED) is 0.660. The lowest BCUT2D eigenvalue weighted by atomic mass is 10.0. The summed E-state index contributed by atoms with van der Waals surface area (Å²) in [7, 11) is 0. The molecule has 0 radical (unpaired) electrons. The van der Waals surface area contributed by atoms with Crippen LogP contribution in [0.2, 0.25) is 0 Å². The van der Waals surface area contributed by atoms with Crippen molar-refractivity contribution in [3.63, 3.8) is 0 Å². The molecule has 2 aromatic rings. The van der Waals surface area contributed by atoms with E-state index in [2.05, 4.69) is 0 Å². The molecule has 0 spiro atoms. The summed E-state index contributed by atoms with van der Waals surface area (Å²) >= 11 is -2.38. The number of fused-ring (bicyclic) bond motifs is 1. The van der Waals surface area contributed by atoms with Crippen LogP contribution in [0.4, 0.5) is 0 Å². The molecule has 2 heterocycles. The highest BCUT2D eigenvalue weighted by Gasteiger charge is 2.32. The van der Waals surface area contributed by atoms with Crippen LogP contribution in [-0.2, 0) is 22.6 Å². The average molecular weight is 318 g/mol. The molecule has 2 N–H and O–H groups in total. The van der Waals surface area contributed by atoms with E-state index in [0.717, 1.165) is 0 Å². The smallest absolute Gasteiger partial charge is 0.261 e. The summed E-state index contributed by atoms with van der Waals surface area (Å²) in [6, 6.07) is 12.4. The lowest BCUT2D eigenvalue weighted by Gasteiger charge is -2.07. The van der Waals surface area contributed by atoms with Crippen molar-refractivity contribution in [3.05, 3.63) is 59.4 Å². The molecule has 2 unspecified atom stereocenters. The standard InChI is InChI=1S/C15H14N2O4S/c18-14(10-4-2-1-3-5-10)13-7-6-12-11(8-9-17(12)13)15(19)16-22(20)21/h1-7,11H,8-9H2,(H,16,19)(H,20,21). The van der Waals surface area contributed by atoms with Crippen LogP contribution in [0.3, 0.4) is 0 Å². The molecule has 0 saturated carbocycles. The van der Waals surface area contributed by atoms with Crippen LogP contribution in [-0.4, -0.2) is 25.0 Å². The normalized spacial score (nSPS) is 17.8. The molecular weight excluding hydrogens is 304 g/mol. The summed E-state index contributed by atoms with van der Waals surface area (Å²) in [6.45, 7) is 0.534. The molecule has 114 valence electrons. The van der Waals surface area contributed by atoms with Gasteiger partial charge in [-0.15, -0.1) is 0 Å². The number of rotatable bonds is 4. The largest absolute Gasteiger partial charge is 0.341 e. The van der Waals surface area contributed by atoms with Gasteiger partial charge in [0.05, 0.1) is 11.6 Å². The second-order valence-corrected chi connectivity index (χ2v) is 5.75. The molecule has 1 aliphatic rings. The maximum absolute atomic E-state index is 12.5. The van der Waals surface area contributed by atoms with Gasteiger partial charge in [0, 0.05) is 17.8 Å². The van der Waals surface area contributed by atoms with Crippen molar-refractivity contribution in [2.75, 3.05) is 0 Å². The molecular formula is C15H14N2O4S. The van der Waals surface area contributed by atoms with Crippen molar-refractivity contribution >= 4 is 23.0 Å². The first-order valence-electron chi connectivity index (χ1n) is 6.78. The second-order valence-electron chi connectivity index (χ2n) is 5.05. The number of amides is 1. The molecule has 0 saturated heterocycles. The molecule has 1 amide bonds. The van der Waals surface area contributed by atoms with Crippen LogP contribution in [0.1, 0.15) is 34.1 Å². The number of nitrogens with zero attached hydrogens (tertiary/aromatic N) is 1. The zero-order valence-corrected chi connectivity index (χ0v) is 12.4. The lowest BCUT2D eigenvalue weighted by Crippen LogP contribution is -2.29. The molecule has 1 aromatic carbocycles. The Morgan fingerprint density at radius 3 is 2.59 bits per heavy atom. The third-order valence-corrected chi connectivity index (χ3v) is 4.16. The SMILES string of the molecule is O=C(c1ccccc1)c1ccc2n1CCC2C(=O)NS(=O)O. The van der Waals surface area contributed by atoms with E-state index in [1.165, 1.54) is 0 Å². The van der Waals surface area contributed by atoms with Gasteiger partial charge in [0.1, 0.15) is 0 Å². The van der Waals surface area contributed by atoms with E-state index in [4.69, 9.17) is 4.55 Å². The third-order valence-electron chi connectivity index (χ3n) is 3.79. The number of aromatic nitrogens is 1. The van der Waals surface area contributed by atoms with Crippen LogP contribution >= 0.6 is 0 Å². The third kappa shape index (κ3) is 2.60. The average Bonchev–Trinajstić information content (AvgIpc) is 3.08. The number of hydrogen-bond acceptors (Lipinski definition) is 3. The molecule has 22 heavy (non-hydrogen) atoms. The molecule has 7 heteroatoms. The zero-order valence-electron chi connectivity index (χ0n) is 11.6. The van der Waals surface area contributed by atoms with Crippen molar-refractivity contribution in [2.24, 2.45) is 0 Å². The van der Waals surface area contributed by atoms with Gasteiger partial charge < -0.3 is 4.57 Å². The van der Waals surface area contributed by atoms with Gasteiger partial charge in [-0.3, -0.25) is 18.9 Å².